The van der Waals surface area contributed by atoms with E-state index in [9.17, 15) is 9.59 Å². The van der Waals surface area contributed by atoms with Crippen molar-refractivity contribution < 1.29 is 33.3 Å². The lowest BCUT2D eigenvalue weighted by Gasteiger charge is -2.07. The van der Waals surface area contributed by atoms with Crippen LogP contribution in [0.4, 0.5) is 0 Å². The molecular formula is C26H20O7. The maximum atomic E-state index is 13.1. The number of methoxy groups -OCH3 is 3. The molecule has 4 rings (SSSR count). The Morgan fingerprint density at radius 2 is 1.45 bits per heavy atom. The van der Waals surface area contributed by atoms with E-state index in [4.69, 9.17) is 23.7 Å². The minimum Gasteiger partial charge on any atom is -0.497 e. The van der Waals surface area contributed by atoms with Crippen molar-refractivity contribution in [2.24, 2.45) is 0 Å². The molecule has 0 unspecified atom stereocenters. The van der Waals surface area contributed by atoms with Crippen molar-refractivity contribution in [3.05, 3.63) is 76.9 Å². The van der Waals surface area contributed by atoms with E-state index in [2.05, 4.69) is 11.8 Å². The van der Waals surface area contributed by atoms with Gasteiger partial charge in [0.15, 0.2) is 23.0 Å². The molecule has 0 N–H and O–H groups in total. The first-order valence-electron chi connectivity index (χ1n) is 9.95. The lowest BCUT2D eigenvalue weighted by atomic mass is 9.96. The highest BCUT2D eigenvalue weighted by Crippen LogP contribution is 2.35. The third kappa shape index (κ3) is 4.46. The van der Waals surface area contributed by atoms with Gasteiger partial charge in [0, 0.05) is 28.3 Å². The van der Waals surface area contributed by atoms with Gasteiger partial charge in [-0.05, 0) is 48.5 Å². The van der Waals surface area contributed by atoms with Gasteiger partial charge in [0.05, 0.1) is 21.3 Å². The Hall–Kier alpha value is -4.44. The van der Waals surface area contributed by atoms with E-state index < -0.39 is 11.6 Å². The number of carbonyl (C=O) groups is 2. The predicted octanol–water partition coefficient (Wildman–Crippen LogP) is 3.91. The van der Waals surface area contributed by atoms with Crippen LogP contribution in [0.1, 0.15) is 31.8 Å². The SMILES string of the molecule is COc1ccc(C(=O)C(=O)c2cc3c(cc2C#Cc2ccc(OC)c(OC)c2)OCO3)cc1. The minimum absolute atomic E-state index is 0.0297. The molecule has 0 aliphatic carbocycles. The number of ether oxygens (including phenoxy) is 5. The molecule has 3 aromatic carbocycles. The first-order valence-corrected chi connectivity index (χ1v) is 9.95. The molecule has 0 saturated heterocycles. The minimum atomic E-state index is -0.699. The lowest BCUT2D eigenvalue weighted by molar-refractivity contribution is 0.0816. The van der Waals surface area contributed by atoms with Crippen LogP contribution in [0, 0.1) is 11.8 Å². The molecular weight excluding hydrogens is 424 g/mol. The second-order valence-corrected chi connectivity index (χ2v) is 6.96. The van der Waals surface area contributed by atoms with Crippen molar-refractivity contribution in [1.82, 2.24) is 0 Å². The topological polar surface area (TPSA) is 80.3 Å². The summed E-state index contributed by atoms with van der Waals surface area (Å²) in [6.07, 6.45) is 0. The summed E-state index contributed by atoms with van der Waals surface area (Å²) < 4.78 is 26.5. The van der Waals surface area contributed by atoms with Crippen LogP contribution in [-0.2, 0) is 0 Å². The van der Waals surface area contributed by atoms with E-state index in [-0.39, 0.29) is 17.9 Å². The number of benzene rings is 3. The fourth-order valence-electron chi connectivity index (χ4n) is 3.28. The molecule has 166 valence electrons. The summed E-state index contributed by atoms with van der Waals surface area (Å²) in [6.45, 7) is 0.0297. The smallest absolute Gasteiger partial charge is 0.234 e. The highest BCUT2D eigenvalue weighted by Gasteiger charge is 2.25. The van der Waals surface area contributed by atoms with Crippen LogP contribution in [0.2, 0.25) is 0 Å². The molecule has 0 bridgehead atoms. The number of hydrogen-bond acceptors (Lipinski definition) is 7. The molecule has 0 radical (unpaired) electrons. The average Bonchev–Trinajstić information content (AvgIpc) is 3.33. The van der Waals surface area contributed by atoms with E-state index >= 15 is 0 Å². The van der Waals surface area contributed by atoms with Gasteiger partial charge < -0.3 is 23.7 Å². The van der Waals surface area contributed by atoms with E-state index in [1.165, 1.54) is 20.3 Å². The van der Waals surface area contributed by atoms with Gasteiger partial charge in [0.25, 0.3) is 0 Å². The zero-order valence-corrected chi connectivity index (χ0v) is 18.3. The molecule has 0 atom stereocenters. The van der Waals surface area contributed by atoms with Crippen molar-refractivity contribution in [2.45, 2.75) is 0 Å². The van der Waals surface area contributed by atoms with Crippen LogP contribution in [0.15, 0.2) is 54.6 Å². The van der Waals surface area contributed by atoms with Crippen molar-refractivity contribution in [3.8, 4) is 40.6 Å². The molecule has 1 heterocycles. The van der Waals surface area contributed by atoms with Crippen LogP contribution in [0.25, 0.3) is 0 Å². The Balaban J connectivity index is 1.72. The number of rotatable bonds is 6. The molecule has 0 spiro atoms. The summed E-state index contributed by atoms with van der Waals surface area (Å²) in [4.78, 5) is 26.0. The Kier molecular flexibility index (Phi) is 6.18. The zero-order chi connectivity index (χ0) is 23.4. The van der Waals surface area contributed by atoms with E-state index in [0.717, 1.165) is 0 Å². The largest absolute Gasteiger partial charge is 0.497 e. The van der Waals surface area contributed by atoms with Crippen LogP contribution in [0.3, 0.4) is 0 Å². The Morgan fingerprint density at radius 1 is 0.758 bits per heavy atom. The van der Waals surface area contributed by atoms with Gasteiger partial charge in [-0.15, -0.1) is 0 Å². The number of Topliss-reactive ketones (excluding diaryl/α,β-unsaturated/α-hetero) is 2. The van der Waals surface area contributed by atoms with E-state index in [1.54, 1.807) is 55.6 Å². The van der Waals surface area contributed by atoms with Gasteiger partial charge in [-0.2, -0.15) is 0 Å². The highest BCUT2D eigenvalue weighted by atomic mass is 16.7. The van der Waals surface area contributed by atoms with Crippen LogP contribution in [0.5, 0.6) is 28.7 Å². The quantitative estimate of drug-likeness (QED) is 0.324. The molecule has 7 nitrogen and oxygen atoms in total. The molecule has 7 heteroatoms. The molecule has 3 aromatic rings. The normalized spacial score (nSPS) is 11.2. The first-order chi connectivity index (χ1) is 16.0. The zero-order valence-electron chi connectivity index (χ0n) is 18.3. The van der Waals surface area contributed by atoms with Gasteiger partial charge in [0.1, 0.15) is 5.75 Å². The summed E-state index contributed by atoms with van der Waals surface area (Å²) in [6, 6.07) is 14.7. The van der Waals surface area contributed by atoms with Crippen molar-refractivity contribution in [3.63, 3.8) is 0 Å². The second-order valence-electron chi connectivity index (χ2n) is 6.96. The summed E-state index contributed by atoms with van der Waals surface area (Å²) in [5, 5.41) is 0. The van der Waals surface area contributed by atoms with Crippen LogP contribution in [-0.4, -0.2) is 39.7 Å². The van der Waals surface area contributed by atoms with Gasteiger partial charge in [-0.25, -0.2) is 0 Å². The molecule has 33 heavy (non-hydrogen) atoms. The fraction of sp³-hybridized carbons (Fsp3) is 0.154. The second kappa shape index (κ2) is 9.37. The molecule has 1 aliphatic heterocycles. The fourth-order valence-corrected chi connectivity index (χ4v) is 3.28. The third-order valence-electron chi connectivity index (χ3n) is 5.04. The molecule has 1 aliphatic rings. The monoisotopic (exact) mass is 444 g/mol. The Labute approximate surface area is 190 Å². The van der Waals surface area contributed by atoms with Gasteiger partial charge in [0.2, 0.25) is 18.4 Å². The summed E-state index contributed by atoms with van der Waals surface area (Å²) in [7, 11) is 4.61. The number of carbonyl (C=O) groups excluding carboxylic acids is 2. The molecule has 0 aromatic heterocycles. The lowest BCUT2D eigenvalue weighted by Crippen LogP contribution is -2.16. The average molecular weight is 444 g/mol. The van der Waals surface area contributed by atoms with Gasteiger partial charge >= 0.3 is 0 Å². The molecule has 0 fully saturated rings. The van der Waals surface area contributed by atoms with Crippen molar-refractivity contribution in [2.75, 3.05) is 28.1 Å². The summed E-state index contributed by atoms with van der Waals surface area (Å²) in [5.41, 5.74) is 1.37. The van der Waals surface area contributed by atoms with Crippen LogP contribution >= 0.6 is 0 Å². The summed E-state index contributed by atoms with van der Waals surface area (Å²) in [5.74, 6) is 7.16. The van der Waals surface area contributed by atoms with E-state index in [1.807, 2.05) is 0 Å². The number of fused-ring (bicyclic) bond motifs is 1. The maximum absolute atomic E-state index is 13.1. The molecule has 0 amide bonds. The predicted molar refractivity (Wildman–Crippen MR) is 120 cm³/mol. The van der Waals surface area contributed by atoms with Crippen LogP contribution < -0.4 is 23.7 Å². The van der Waals surface area contributed by atoms with Crippen molar-refractivity contribution in [1.29, 1.82) is 0 Å². The van der Waals surface area contributed by atoms with Crippen molar-refractivity contribution >= 4 is 11.6 Å². The van der Waals surface area contributed by atoms with Gasteiger partial charge in [-0.3, -0.25) is 9.59 Å². The number of hydrogen-bond donors (Lipinski definition) is 0. The van der Waals surface area contributed by atoms with Gasteiger partial charge in [-0.1, -0.05) is 11.8 Å². The Bertz CT molecular complexity index is 1280. The molecule has 0 saturated carbocycles. The van der Waals surface area contributed by atoms with E-state index in [0.29, 0.717) is 39.9 Å². The third-order valence-corrected chi connectivity index (χ3v) is 5.04. The standard InChI is InChI=1S/C26H20O7/c1-29-19-9-7-17(8-10-19)25(27)26(28)20-14-24-23(32-15-33-24)13-18(20)6-4-16-5-11-21(30-2)22(12-16)31-3/h5,7-14H,15H2,1-3H3. The summed E-state index contributed by atoms with van der Waals surface area (Å²) >= 11 is 0. The highest BCUT2D eigenvalue weighted by molar-refractivity contribution is 6.49. The number of ketones is 2. The first kappa shape index (κ1) is 21.8. The Morgan fingerprint density at radius 3 is 2.12 bits per heavy atom. The maximum Gasteiger partial charge on any atom is 0.234 e.